The van der Waals surface area contributed by atoms with E-state index >= 15 is 0 Å². The van der Waals surface area contributed by atoms with Crippen LogP contribution in [0.1, 0.15) is 5.01 Å². The Morgan fingerprint density at radius 1 is 1.57 bits per heavy atom. The van der Waals surface area contributed by atoms with Crippen LogP contribution in [0.5, 0.6) is 0 Å². The summed E-state index contributed by atoms with van der Waals surface area (Å²) in [6.45, 7) is 0. The molecule has 0 unspecified atom stereocenters. The maximum Gasteiger partial charge on any atom is 0.138 e. The Morgan fingerprint density at radius 2 is 2.36 bits per heavy atom. The van der Waals surface area contributed by atoms with Gasteiger partial charge in [0.15, 0.2) is 0 Å². The topological polar surface area (TPSA) is 36.7 Å². The van der Waals surface area contributed by atoms with Gasteiger partial charge in [-0.2, -0.15) is 5.26 Å². The zero-order valence-corrected chi connectivity index (χ0v) is 9.32. The lowest BCUT2D eigenvalue weighted by Crippen LogP contribution is -1.77. The third-order valence-corrected chi connectivity index (χ3v) is 3.85. The van der Waals surface area contributed by atoms with Gasteiger partial charge in [0.2, 0.25) is 0 Å². The highest BCUT2D eigenvalue weighted by molar-refractivity contribution is 9.10. The van der Waals surface area contributed by atoms with Crippen molar-refractivity contribution in [2.45, 2.75) is 6.42 Å². The molecule has 5 heteroatoms. The summed E-state index contributed by atoms with van der Waals surface area (Å²) in [6.07, 6.45) is 0.271. The number of nitriles is 1. The summed E-state index contributed by atoms with van der Waals surface area (Å²) in [5.74, 6) is -0.301. The average Bonchev–Trinajstić information content (AvgIpc) is 2.56. The second-order valence-electron chi connectivity index (χ2n) is 2.65. The number of benzene rings is 1. The molecule has 2 aromatic rings. The molecule has 1 heterocycles. The summed E-state index contributed by atoms with van der Waals surface area (Å²) < 4.78 is 14.3. The number of thiazole rings is 1. The van der Waals surface area contributed by atoms with Gasteiger partial charge in [-0.1, -0.05) is 0 Å². The van der Waals surface area contributed by atoms with Gasteiger partial charge in [-0.3, -0.25) is 0 Å². The van der Waals surface area contributed by atoms with E-state index in [1.807, 2.05) is 6.07 Å². The Kier molecular flexibility index (Phi) is 2.48. The fourth-order valence-corrected chi connectivity index (χ4v) is 2.62. The minimum Gasteiger partial charge on any atom is -0.240 e. The fraction of sp³-hybridized carbons (Fsp3) is 0.111. The highest BCUT2D eigenvalue weighted by atomic mass is 79.9. The van der Waals surface area contributed by atoms with Crippen LogP contribution in [0.15, 0.2) is 16.6 Å². The number of hydrogen-bond donors (Lipinski definition) is 0. The zero-order valence-electron chi connectivity index (χ0n) is 6.92. The molecular weight excluding hydrogens is 267 g/mol. The van der Waals surface area contributed by atoms with Crippen LogP contribution in [0.4, 0.5) is 4.39 Å². The van der Waals surface area contributed by atoms with Gasteiger partial charge in [0, 0.05) is 0 Å². The SMILES string of the molecule is N#CCc1nc2ccc(F)c(Br)c2s1. The fourth-order valence-electron chi connectivity index (χ4n) is 1.13. The minimum atomic E-state index is -0.301. The van der Waals surface area contributed by atoms with Crippen LogP contribution in [0.2, 0.25) is 0 Å². The zero-order chi connectivity index (χ0) is 10.1. The molecule has 1 aromatic carbocycles. The second-order valence-corrected chi connectivity index (χ2v) is 4.53. The summed E-state index contributed by atoms with van der Waals surface area (Å²) in [6, 6.07) is 5.00. The molecule has 0 N–H and O–H groups in total. The maximum absolute atomic E-state index is 13.1. The molecule has 0 aliphatic heterocycles. The van der Waals surface area contributed by atoms with Gasteiger partial charge in [0.05, 0.1) is 27.2 Å². The lowest BCUT2D eigenvalue weighted by atomic mass is 10.3. The minimum absolute atomic E-state index is 0.271. The number of rotatable bonds is 1. The normalized spacial score (nSPS) is 10.4. The monoisotopic (exact) mass is 270 g/mol. The van der Waals surface area contributed by atoms with Crippen LogP contribution < -0.4 is 0 Å². The van der Waals surface area contributed by atoms with Crippen molar-refractivity contribution in [3.8, 4) is 6.07 Å². The predicted octanol–water partition coefficient (Wildman–Crippen LogP) is 3.26. The Morgan fingerprint density at radius 3 is 3.07 bits per heavy atom. The summed E-state index contributed by atoms with van der Waals surface area (Å²) >= 11 is 4.50. The summed E-state index contributed by atoms with van der Waals surface area (Å²) in [4.78, 5) is 4.20. The van der Waals surface area contributed by atoms with E-state index < -0.39 is 0 Å². The average molecular weight is 271 g/mol. The molecule has 1 aromatic heterocycles. The molecule has 0 aliphatic rings. The lowest BCUT2D eigenvalue weighted by molar-refractivity contribution is 0.623. The van der Waals surface area contributed by atoms with Gasteiger partial charge >= 0.3 is 0 Å². The molecule has 2 nitrogen and oxygen atoms in total. The van der Waals surface area contributed by atoms with Crippen molar-refractivity contribution in [1.82, 2.24) is 4.98 Å². The van der Waals surface area contributed by atoms with Crippen LogP contribution >= 0.6 is 27.3 Å². The van der Waals surface area contributed by atoms with E-state index in [4.69, 9.17) is 5.26 Å². The van der Waals surface area contributed by atoms with Crippen LogP contribution in [0.25, 0.3) is 10.2 Å². The number of hydrogen-bond acceptors (Lipinski definition) is 3. The number of fused-ring (bicyclic) bond motifs is 1. The first-order chi connectivity index (χ1) is 6.72. The second kappa shape index (κ2) is 3.64. The van der Waals surface area contributed by atoms with E-state index in [0.29, 0.717) is 9.48 Å². The first-order valence-corrected chi connectivity index (χ1v) is 5.43. The summed E-state index contributed by atoms with van der Waals surface area (Å²) in [5.41, 5.74) is 0.730. The Hall–Kier alpha value is -0.990. The largest absolute Gasteiger partial charge is 0.240 e. The smallest absolute Gasteiger partial charge is 0.138 e. The van der Waals surface area contributed by atoms with E-state index in [0.717, 1.165) is 10.2 Å². The molecule has 0 bridgehead atoms. The third-order valence-electron chi connectivity index (χ3n) is 1.72. The highest BCUT2D eigenvalue weighted by Crippen LogP contribution is 2.31. The van der Waals surface area contributed by atoms with Crippen molar-refractivity contribution < 1.29 is 4.39 Å². The molecule has 0 aliphatic carbocycles. The molecule has 0 amide bonds. The lowest BCUT2D eigenvalue weighted by Gasteiger charge is -1.92. The van der Waals surface area contributed by atoms with Crippen LogP contribution in [0.3, 0.4) is 0 Å². The molecular formula is C9H4BrFN2S. The first-order valence-electron chi connectivity index (χ1n) is 3.82. The standard InChI is InChI=1S/C9H4BrFN2S/c10-8-5(11)1-2-6-9(8)14-7(13-6)3-4-12/h1-2H,3H2. The van der Waals surface area contributed by atoms with E-state index in [1.54, 1.807) is 6.07 Å². The highest BCUT2D eigenvalue weighted by Gasteiger charge is 2.09. The number of halogens is 2. The van der Waals surface area contributed by atoms with E-state index in [2.05, 4.69) is 20.9 Å². The molecule has 14 heavy (non-hydrogen) atoms. The molecule has 0 fully saturated rings. The predicted molar refractivity (Wildman–Crippen MR) is 56.6 cm³/mol. The van der Waals surface area contributed by atoms with Gasteiger partial charge < -0.3 is 0 Å². The van der Waals surface area contributed by atoms with E-state index in [9.17, 15) is 4.39 Å². The van der Waals surface area contributed by atoms with Crippen LogP contribution in [0, 0.1) is 17.1 Å². The van der Waals surface area contributed by atoms with E-state index in [-0.39, 0.29) is 12.2 Å². The van der Waals surface area contributed by atoms with Gasteiger partial charge in [-0.15, -0.1) is 11.3 Å². The van der Waals surface area contributed by atoms with Crippen molar-refractivity contribution >= 4 is 37.5 Å². The number of aromatic nitrogens is 1. The van der Waals surface area contributed by atoms with Gasteiger partial charge in [0.1, 0.15) is 10.8 Å². The molecule has 0 saturated carbocycles. The van der Waals surface area contributed by atoms with Crippen molar-refractivity contribution in [2.75, 3.05) is 0 Å². The Bertz CT molecular complexity index is 529. The van der Waals surface area contributed by atoms with Crippen molar-refractivity contribution in [1.29, 1.82) is 5.26 Å². The molecule has 0 atom stereocenters. The van der Waals surface area contributed by atoms with Gasteiger partial charge in [-0.25, -0.2) is 9.37 Å². The quantitative estimate of drug-likeness (QED) is 0.798. The van der Waals surface area contributed by atoms with Crippen molar-refractivity contribution in [3.63, 3.8) is 0 Å². The van der Waals surface area contributed by atoms with Gasteiger partial charge in [0.25, 0.3) is 0 Å². The van der Waals surface area contributed by atoms with Crippen molar-refractivity contribution in [3.05, 3.63) is 27.4 Å². The van der Waals surface area contributed by atoms with Crippen molar-refractivity contribution in [2.24, 2.45) is 0 Å². The first kappa shape index (κ1) is 9.56. The molecule has 0 spiro atoms. The molecule has 0 saturated heterocycles. The molecule has 0 radical (unpaired) electrons. The van der Waals surface area contributed by atoms with Crippen LogP contribution in [-0.4, -0.2) is 4.98 Å². The summed E-state index contributed by atoms with van der Waals surface area (Å²) in [7, 11) is 0. The number of nitrogens with zero attached hydrogens (tertiary/aromatic N) is 2. The summed E-state index contributed by atoms with van der Waals surface area (Å²) in [5, 5.41) is 9.22. The van der Waals surface area contributed by atoms with Crippen LogP contribution in [-0.2, 0) is 6.42 Å². The third kappa shape index (κ3) is 1.51. The molecule has 70 valence electrons. The maximum atomic E-state index is 13.1. The Balaban J connectivity index is 2.66. The van der Waals surface area contributed by atoms with Gasteiger partial charge in [-0.05, 0) is 28.1 Å². The molecule has 2 rings (SSSR count). The Labute approximate surface area is 92.1 Å². The van der Waals surface area contributed by atoms with E-state index in [1.165, 1.54) is 17.4 Å².